The zero-order chi connectivity index (χ0) is 19.2. The lowest BCUT2D eigenvalue weighted by Crippen LogP contribution is -2.45. The SMILES string of the molecule is CCO[C@H]1CN(C)C[C@@H]1NC(=O)Nc1ccccc1-c1cccc(OC)c1. The van der Waals surface area contributed by atoms with E-state index in [2.05, 4.69) is 15.5 Å². The smallest absolute Gasteiger partial charge is 0.319 e. The molecule has 0 aliphatic carbocycles. The molecular weight excluding hydrogens is 342 g/mol. The predicted molar refractivity (Wildman–Crippen MR) is 107 cm³/mol. The second-order valence-electron chi connectivity index (χ2n) is 6.70. The number of methoxy groups -OCH3 is 1. The molecule has 1 fully saturated rings. The van der Waals surface area contributed by atoms with Crippen LogP contribution >= 0.6 is 0 Å². The van der Waals surface area contributed by atoms with Crippen molar-refractivity contribution in [2.45, 2.75) is 19.1 Å². The number of amides is 2. The van der Waals surface area contributed by atoms with Gasteiger partial charge >= 0.3 is 6.03 Å². The average molecular weight is 369 g/mol. The summed E-state index contributed by atoms with van der Waals surface area (Å²) in [6.45, 7) is 4.20. The van der Waals surface area contributed by atoms with Crippen molar-refractivity contribution >= 4 is 11.7 Å². The normalized spacial score (nSPS) is 19.7. The van der Waals surface area contributed by atoms with Gasteiger partial charge in [-0.2, -0.15) is 0 Å². The van der Waals surface area contributed by atoms with Gasteiger partial charge in [-0.3, -0.25) is 0 Å². The monoisotopic (exact) mass is 369 g/mol. The maximum absolute atomic E-state index is 12.6. The predicted octanol–water partition coefficient (Wildman–Crippen LogP) is 3.20. The molecule has 1 saturated heterocycles. The quantitative estimate of drug-likeness (QED) is 0.821. The maximum Gasteiger partial charge on any atom is 0.319 e. The number of para-hydroxylation sites is 1. The number of urea groups is 1. The Bertz CT molecular complexity index is 781. The molecule has 3 rings (SSSR count). The minimum Gasteiger partial charge on any atom is -0.497 e. The topological polar surface area (TPSA) is 62.8 Å². The molecule has 2 N–H and O–H groups in total. The molecule has 0 bridgehead atoms. The summed E-state index contributed by atoms with van der Waals surface area (Å²) in [5.41, 5.74) is 2.68. The van der Waals surface area contributed by atoms with E-state index in [0.717, 1.165) is 35.7 Å². The number of carbonyl (C=O) groups excluding carboxylic acids is 1. The van der Waals surface area contributed by atoms with Crippen molar-refractivity contribution < 1.29 is 14.3 Å². The lowest BCUT2D eigenvalue weighted by atomic mass is 10.0. The number of benzene rings is 2. The first-order valence-corrected chi connectivity index (χ1v) is 9.21. The fourth-order valence-corrected chi connectivity index (χ4v) is 3.45. The van der Waals surface area contributed by atoms with Gasteiger partial charge in [0.05, 0.1) is 24.9 Å². The molecule has 0 aromatic heterocycles. The van der Waals surface area contributed by atoms with Crippen LogP contribution < -0.4 is 15.4 Å². The Hall–Kier alpha value is -2.57. The highest BCUT2D eigenvalue weighted by molar-refractivity contribution is 5.94. The summed E-state index contributed by atoms with van der Waals surface area (Å²) >= 11 is 0. The number of nitrogens with zero attached hydrogens (tertiary/aromatic N) is 1. The number of hydrogen-bond donors (Lipinski definition) is 2. The maximum atomic E-state index is 12.6. The van der Waals surface area contributed by atoms with Crippen molar-refractivity contribution in [2.24, 2.45) is 0 Å². The second-order valence-corrected chi connectivity index (χ2v) is 6.70. The zero-order valence-corrected chi connectivity index (χ0v) is 16.1. The molecular formula is C21H27N3O3. The average Bonchev–Trinajstić information content (AvgIpc) is 3.01. The van der Waals surface area contributed by atoms with E-state index in [4.69, 9.17) is 9.47 Å². The molecule has 0 radical (unpaired) electrons. The van der Waals surface area contributed by atoms with Gasteiger partial charge in [0.1, 0.15) is 5.75 Å². The number of ether oxygens (including phenoxy) is 2. The Balaban J connectivity index is 1.73. The van der Waals surface area contributed by atoms with Crippen LogP contribution in [-0.4, -0.2) is 56.9 Å². The summed E-state index contributed by atoms with van der Waals surface area (Å²) in [5, 5.41) is 6.04. The Morgan fingerprint density at radius 3 is 2.78 bits per heavy atom. The third-order valence-corrected chi connectivity index (χ3v) is 4.70. The number of likely N-dealkylation sites (tertiary alicyclic amines) is 1. The number of hydrogen-bond acceptors (Lipinski definition) is 4. The Labute approximate surface area is 160 Å². The van der Waals surface area contributed by atoms with Crippen molar-refractivity contribution in [2.75, 3.05) is 39.2 Å². The molecule has 0 unspecified atom stereocenters. The molecule has 6 nitrogen and oxygen atoms in total. The van der Waals surface area contributed by atoms with E-state index in [9.17, 15) is 4.79 Å². The molecule has 1 heterocycles. The highest BCUT2D eigenvalue weighted by Gasteiger charge is 2.32. The van der Waals surface area contributed by atoms with Crippen LogP contribution in [0.15, 0.2) is 48.5 Å². The molecule has 2 aromatic rings. The number of rotatable bonds is 6. The lowest BCUT2D eigenvalue weighted by molar-refractivity contribution is 0.0568. The summed E-state index contributed by atoms with van der Waals surface area (Å²) in [5.74, 6) is 0.778. The number of anilines is 1. The van der Waals surface area contributed by atoms with Crippen LogP contribution in [0.4, 0.5) is 10.5 Å². The van der Waals surface area contributed by atoms with Gasteiger partial charge in [0.25, 0.3) is 0 Å². The van der Waals surface area contributed by atoms with Gasteiger partial charge in [-0.1, -0.05) is 30.3 Å². The largest absolute Gasteiger partial charge is 0.497 e. The number of carbonyl (C=O) groups is 1. The fourth-order valence-electron chi connectivity index (χ4n) is 3.45. The highest BCUT2D eigenvalue weighted by Crippen LogP contribution is 2.30. The molecule has 144 valence electrons. The number of nitrogens with one attached hydrogen (secondary N) is 2. The van der Waals surface area contributed by atoms with E-state index < -0.39 is 0 Å². The molecule has 1 aliphatic heterocycles. The van der Waals surface area contributed by atoms with Gasteiger partial charge in [0.15, 0.2) is 0 Å². The number of likely N-dealkylation sites (N-methyl/N-ethyl adjacent to an activating group) is 1. The second kappa shape index (κ2) is 8.88. The van der Waals surface area contributed by atoms with Crippen LogP contribution in [0.2, 0.25) is 0 Å². The van der Waals surface area contributed by atoms with Crippen LogP contribution in [0.5, 0.6) is 5.75 Å². The van der Waals surface area contributed by atoms with E-state index in [0.29, 0.717) is 6.61 Å². The first-order valence-electron chi connectivity index (χ1n) is 9.21. The molecule has 0 spiro atoms. The molecule has 6 heteroatoms. The van der Waals surface area contributed by atoms with Crippen molar-refractivity contribution in [1.82, 2.24) is 10.2 Å². The van der Waals surface area contributed by atoms with Crippen LogP contribution in [-0.2, 0) is 4.74 Å². The molecule has 2 aromatic carbocycles. The third-order valence-electron chi connectivity index (χ3n) is 4.70. The van der Waals surface area contributed by atoms with E-state index in [-0.39, 0.29) is 18.2 Å². The van der Waals surface area contributed by atoms with Gasteiger partial charge in [0.2, 0.25) is 0 Å². The van der Waals surface area contributed by atoms with Crippen LogP contribution in [0.3, 0.4) is 0 Å². The van der Waals surface area contributed by atoms with Crippen LogP contribution in [0, 0.1) is 0 Å². The third kappa shape index (κ3) is 4.78. The molecule has 1 aliphatic rings. The molecule has 27 heavy (non-hydrogen) atoms. The Morgan fingerprint density at radius 1 is 1.19 bits per heavy atom. The Kier molecular flexibility index (Phi) is 6.32. The molecule has 2 atom stereocenters. The van der Waals surface area contributed by atoms with Gasteiger partial charge in [-0.05, 0) is 37.7 Å². The fraction of sp³-hybridized carbons (Fsp3) is 0.381. The minimum atomic E-state index is -0.227. The highest BCUT2D eigenvalue weighted by atomic mass is 16.5. The molecule has 0 saturated carbocycles. The van der Waals surface area contributed by atoms with Crippen LogP contribution in [0.1, 0.15) is 6.92 Å². The summed E-state index contributed by atoms with van der Waals surface area (Å²) in [6.07, 6.45) is 0.0133. The first kappa shape index (κ1) is 19.2. The zero-order valence-electron chi connectivity index (χ0n) is 16.1. The van der Waals surface area contributed by atoms with Gasteiger partial charge < -0.3 is 25.0 Å². The van der Waals surface area contributed by atoms with E-state index in [1.54, 1.807) is 7.11 Å². The standard InChI is InChI=1S/C21H27N3O3/c1-4-27-20-14-24(2)13-19(20)23-21(25)22-18-11-6-5-10-17(18)15-8-7-9-16(12-15)26-3/h5-12,19-20H,4,13-14H2,1-3H3,(H2,22,23,25)/t19-,20-/m0/s1. The van der Waals surface area contributed by atoms with E-state index >= 15 is 0 Å². The van der Waals surface area contributed by atoms with E-state index in [1.165, 1.54) is 0 Å². The first-order chi connectivity index (χ1) is 13.1. The van der Waals surface area contributed by atoms with Gasteiger partial charge in [-0.15, -0.1) is 0 Å². The van der Waals surface area contributed by atoms with Gasteiger partial charge in [0, 0.05) is 25.3 Å². The summed E-state index contributed by atoms with van der Waals surface area (Å²) in [7, 11) is 3.67. The van der Waals surface area contributed by atoms with Crippen LogP contribution in [0.25, 0.3) is 11.1 Å². The van der Waals surface area contributed by atoms with Crippen molar-refractivity contribution in [3.05, 3.63) is 48.5 Å². The van der Waals surface area contributed by atoms with Crippen molar-refractivity contribution in [3.63, 3.8) is 0 Å². The van der Waals surface area contributed by atoms with Gasteiger partial charge in [-0.25, -0.2) is 4.79 Å². The lowest BCUT2D eigenvalue weighted by Gasteiger charge is -2.20. The summed E-state index contributed by atoms with van der Waals surface area (Å²) in [6, 6.07) is 15.3. The minimum absolute atomic E-state index is 0.0133. The molecule has 2 amide bonds. The van der Waals surface area contributed by atoms with E-state index in [1.807, 2.05) is 62.5 Å². The van der Waals surface area contributed by atoms with Crippen molar-refractivity contribution in [1.29, 1.82) is 0 Å². The van der Waals surface area contributed by atoms with Crippen molar-refractivity contribution in [3.8, 4) is 16.9 Å². The summed E-state index contributed by atoms with van der Waals surface area (Å²) in [4.78, 5) is 14.8. The summed E-state index contributed by atoms with van der Waals surface area (Å²) < 4.78 is 11.1. The Morgan fingerprint density at radius 2 is 2.00 bits per heavy atom.